The Bertz CT molecular complexity index is 1320. The van der Waals surface area contributed by atoms with E-state index in [1.165, 1.54) is 24.3 Å². The number of aliphatic hydroxyl groups is 1. The number of carbonyl (C=O) groups is 1. The topological polar surface area (TPSA) is 78.4 Å². The van der Waals surface area contributed by atoms with Crippen molar-refractivity contribution in [1.82, 2.24) is 14.9 Å². The molecule has 0 aliphatic carbocycles. The Hall–Kier alpha value is -3.68. The number of halogens is 1. The highest BCUT2D eigenvalue weighted by atomic mass is 19.1. The molecule has 1 fully saturated rings. The number of anilines is 1. The molecule has 1 aliphatic heterocycles. The first-order valence-corrected chi connectivity index (χ1v) is 11.3. The van der Waals surface area contributed by atoms with E-state index < -0.39 is 0 Å². The van der Waals surface area contributed by atoms with Crippen molar-refractivity contribution < 1.29 is 14.3 Å². The van der Waals surface area contributed by atoms with Gasteiger partial charge in [-0.2, -0.15) is 0 Å². The minimum absolute atomic E-state index is 0.182. The number of rotatable bonds is 5. The van der Waals surface area contributed by atoms with Crippen LogP contribution in [0.1, 0.15) is 28.8 Å². The summed E-state index contributed by atoms with van der Waals surface area (Å²) >= 11 is 0. The Morgan fingerprint density at radius 2 is 1.76 bits per heavy atom. The van der Waals surface area contributed by atoms with Gasteiger partial charge in [-0.25, -0.2) is 9.37 Å². The van der Waals surface area contributed by atoms with E-state index in [-0.39, 0.29) is 17.8 Å². The summed E-state index contributed by atoms with van der Waals surface area (Å²) in [6, 6.07) is 15.5. The Balaban J connectivity index is 1.35. The minimum atomic E-state index is -0.388. The van der Waals surface area contributed by atoms with Crippen molar-refractivity contribution in [2.75, 3.05) is 18.4 Å². The third-order valence-electron chi connectivity index (χ3n) is 6.16. The lowest BCUT2D eigenvalue weighted by molar-refractivity contribution is 0.0792. The number of aromatic nitrogens is 2. The van der Waals surface area contributed by atoms with E-state index in [9.17, 15) is 14.3 Å². The smallest absolute Gasteiger partial charge is 0.256 e. The number of piperidine rings is 1. The van der Waals surface area contributed by atoms with Gasteiger partial charge < -0.3 is 10.4 Å². The number of nitrogens with zero attached hydrogens (tertiary/aromatic N) is 3. The molecule has 0 spiro atoms. The highest BCUT2D eigenvalue weighted by molar-refractivity contribution is 6.04. The van der Waals surface area contributed by atoms with Crippen LogP contribution in [0.25, 0.3) is 21.9 Å². The van der Waals surface area contributed by atoms with Crippen molar-refractivity contribution in [1.29, 1.82) is 0 Å². The molecule has 4 aromatic rings. The summed E-state index contributed by atoms with van der Waals surface area (Å²) in [7, 11) is 0. The molecule has 2 N–H and O–H groups in total. The van der Waals surface area contributed by atoms with Crippen molar-refractivity contribution in [2.24, 2.45) is 0 Å². The summed E-state index contributed by atoms with van der Waals surface area (Å²) in [4.78, 5) is 23.6. The number of nitrogens with one attached hydrogen (secondary N) is 1. The fourth-order valence-corrected chi connectivity index (χ4v) is 4.25. The largest absolute Gasteiger partial charge is 0.393 e. The maximum atomic E-state index is 13.1. The summed E-state index contributed by atoms with van der Waals surface area (Å²) in [5.74, 6) is -0.301. The van der Waals surface area contributed by atoms with Gasteiger partial charge in [-0.3, -0.25) is 14.7 Å². The second-order valence-corrected chi connectivity index (χ2v) is 8.68. The standard InChI is InChI=1S/C27H25FN4O2/c28-24-5-3-19(4-6-24)27(34)31-26-13-22-12-20(1-2-21(22)16-30-26)23-11-18(14-29-15-23)17-32-9-7-25(33)8-10-32/h1-6,11-16,25,33H,7-10,17H2,(H,30,31,34). The Kier molecular flexibility index (Phi) is 6.29. The van der Waals surface area contributed by atoms with Crippen LogP contribution in [0.5, 0.6) is 0 Å². The lowest BCUT2D eigenvalue weighted by Gasteiger charge is -2.29. The molecule has 1 saturated heterocycles. The number of benzene rings is 2. The minimum Gasteiger partial charge on any atom is -0.393 e. The van der Waals surface area contributed by atoms with Crippen molar-refractivity contribution in [3.63, 3.8) is 0 Å². The summed E-state index contributed by atoms with van der Waals surface area (Å²) in [5.41, 5.74) is 3.54. The van der Waals surface area contributed by atoms with E-state index in [0.717, 1.165) is 59.9 Å². The van der Waals surface area contributed by atoms with E-state index in [1.807, 2.05) is 30.6 Å². The predicted octanol–water partition coefficient (Wildman–Crippen LogP) is 4.64. The molecule has 1 amide bonds. The van der Waals surface area contributed by atoms with Gasteiger partial charge in [-0.15, -0.1) is 0 Å². The number of pyridine rings is 2. The molecular formula is C27H25FN4O2. The monoisotopic (exact) mass is 456 g/mol. The zero-order valence-electron chi connectivity index (χ0n) is 18.6. The second kappa shape index (κ2) is 9.67. The fourth-order valence-electron chi connectivity index (χ4n) is 4.25. The molecule has 2 aromatic carbocycles. The molecule has 5 rings (SSSR count). The Morgan fingerprint density at radius 1 is 0.971 bits per heavy atom. The molecule has 0 bridgehead atoms. The van der Waals surface area contributed by atoms with Crippen LogP contribution in [0.3, 0.4) is 0 Å². The third-order valence-corrected chi connectivity index (χ3v) is 6.16. The maximum absolute atomic E-state index is 13.1. The van der Waals surface area contributed by atoms with Crippen molar-refractivity contribution in [3.8, 4) is 11.1 Å². The predicted molar refractivity (Wildman–Crippen MR) is 130 cm³/mol. The van der Waals surface area contributed by atoms with Crippen LogP contribution in [0.2, 0.25) is 0 Å². The lowest BCUT2D eigenvalue weighted by atomic mass is 10.0. The molecule has 172 valence electrons. The van der Waals surface area contributed by atoms with Crippen LogP contribution in [0, 0.1) is 5.82 Å². The van der Waals surface area contributed by atoms with Crippen LogP contribution in [-0.2, 0) is 6.54 Å². The van der Waals surface area contributed by atoms with E-state index in [0.29, 0.717) is 11.4 Å². The van der Waals surface area contributed by atoms with Crippen LogP contribution < -0.4 is 5.32 Å². The highest BCUT2D eigenvalue weighted by Gasteiger charge is 2.17. The number of amides is 1. The molecule has 34 heavy (non-hydrogen) atoms. The molecule has 0 radical (unpaired) electrons. The summed E-state index contributed by atoms with van der Waals surface area (Å²) in [5, 5.41) is 14.4. The number of fused-ring (bicyclic) bond motifs is 1. The molecule has 0 saturated carbocycles. The van der Waals surface area contributed by atoms with E-state index >= 15 is 0 Å². The van der Waals surface area contributed by atoms with Crippen LogP contribution in [-0.4, -0.2) is 45.1 Å². The third kappa shape index (κ3) is 5.11. The summed E-state index contributed by atoms with van der Waals surface area (Å²) in [6.07, 6.45) is 6.90. The Morgan fingerprint density at radius 3 is 2.56 bits per heavy atom. The first kappa shape index (κ1) is 22.1. The van der Waals surface area contributed by atoms with Gasteiger partial charge in [-0.05, 0) is 71.8 Å². The fraction of sp³-hybridized carbons (Fsp3) is 0.222. The van der Waals surface area contributed by atoms with Crippen LogP contribution in [0.15, 0.2) is 73.2 Å². The zero-order valence-corrected chi connectivity index (χ0v) is 18.6. The first-order valence-electron chi connectivity index (χ1n) is 11.3. The summed E-state index contributed by atoms with van der Waals surface area (Å²) in [6.45, 7) is 2.59. The summed E-state index contributed by atoms with van der Waals surface area (Å²) < 4.78 is 13.1. The molecule has 1 aliphatic rings. The van der Waals surface area contributed by atoms with Crippen molar-refractivity contribution in [3.05, 3.63) is 90.1 Å². The molecule has 3 heterocycles. The SMILES string of the molecule is O=C(Nc1cc2cc(-c3cncc(CN4CCC(O)CC4)c3)ccc2cn1)c1ccc(F)cc1. The molecule has 6 nitrogen and oxygen atoms in total. The van der Waals surface area contributed by atoms with Gasteiger partial charge in [0, 0.05) is 54.7 Å². The van der Waals surface area contributed by atoms with Gasteiger partial charge in [0.05, 0.1) is 6.10 Å². The van der Waals surface area contributed by atoms with Crippen molar-refractivity contribution >= 4 is 22.5 Å². The van der Waals surface area contributed by atoms with Crippen molar-refractivity contribution in [2.45, 2.75) is 25.5 Å². The molecule has 0 unspecified atom stereocenters. The number of aliphatic hydroxyl groups excluding tert-OH is 1. The van der Waals surface area contributed by atoms with Gasteiger partial charge in [0.2, 0.25) is 0 Å². The van der Waals surface area contributed by atoms with E-state index in [4.69, 9.17) is 0 Å². The zero-order chi connectivity index (χ0) is 23.5. The van der Waals surface area contributed by atoms with Crippen LogP contribution in [0.4, 0.5) is 10.2 Å². The number of carbonyl (C=O) groups excluding carboxylic acids is 1. The maximum Gasteiger partial charge on any atom is 0.256 e. The normalized spacial score (nSPS) is 14.9. The quantitative estimate of drug-likeness (QED) is 0.457. The lowest BCUT2D eigenvalue weighted by Crippen LogP contribution is -2.35. The number of hydrogen-bond acceptors (Lipinski definition) is 5. The Labute approximate surface area is 197 Å². The van der Waals surface area contributed by atoms with Gasteiger partial charge in [-0.1, -0.05) is 12.1 Å². The van der Waals surface area contributed by atoms with Gasteiger partial charge >= 0.3 is 0 Å². The average Bonchev–Trinajstić information content (AvgIpc) is 2.85. The molecular weight excluding hydrogens is 431 g/mol. The second-order valence-electron chi connectivity index (χ2n) is 8.68. The highest BCUT2D eigenvalue weighted by Crippen LogP contribution is 2.26. The first-order chi connectivity index (χ1) is 16.5. The molecule has 0 atom stereocenters. The van der Waals surface area contributed by atoms with Gasteiger partial charge in [0.1, 0.15) is 11.6 Å². The molecule has 2 aromatic heterocycles. The average molecular weight is 457 g/mol. The van der Waals surface area contributed by atoms with E-state index in [2.05, 4.69) is 32.3 Å². The van der Waals surface area contributed by atoms with Gasteiger partial charge in [0.25, 0.3) is 5.91 Å². The number of likely N-dealkylation sites (tertiary alicyclic amines) is 1. The molecule has 7 heteroatoms. The van der Waals surface area contributed by atoms with E-state index in [1.54, 1.807) is 6.20 Å². The van der Waals surface area contributed by atoms with Gasteiger partial charge in [0.15, 0.2) is 0 Å². The van der Waals surface area contributed by atoms with Crippen LogP contribution >= 0.6 is 0 Å². The number of hydrogen-bond donors (Lipinski definition) is 2.